The van der Waals surface area contributed by atoms with Gasteiger partial charge in [-0.3, -0.25) is 19.5 Å². The maximum Gasteiger partial charge on any atom is 0.257 e. The smallest absolute Gasteiger partial charge is 0.257 e. The molecule has 4 N–H and O–H groups in total. The summed E-state index contributed by atoms with van der Waals surface area (Å²) in [7, 11) is 2.95. The number of aliphatic hydroxyl groups excluding tert-OH is 1. The number of rotatable bonds is 11. The number of anilines is 1. The number of aromatic nitrogens is 2. The topological polar surface area (TPSA) is 165 Å². The van der Waals surface area contributed by atoms with Gasteiger partial charge in [0.15, 0.2) is 11.5 Å². The number of nitrogens with zero attached hydrogens (tertiary/aromatic N) is 5. The van der Waals surface area contributed by atoms with Crippen molar-refractivity contribution in [1.82, 2.24) is 25.1 Å². The number of nitrogen functional groups attached to an aromatic ring is 1. The van der Waals surface area contributed by atoms with E-state index in [1.54, 1.807) is 6.07 Å². The quantitative estimate of drug-likeness (QED) is 0.280. The van der Waals surface area contributed by atoms with E-state index in [1.807, 2.05) is 0 Å². The zero-order chi connectivity index (χ0) is 26.1. The highest BCUT2D eigenvalue weighted by atomic mass is 16.5. The lowest BCUT2D eigenvalue weighted by Crippen LogP contribution is -2.42. The molecule has 1 aromatic carbocycles. The van der Waals surface area contributed by atoms with E-state index in [4.69, 9.17) is 19.9 Å². The zero-order valence-corrected chi connectivity index (χ0v) is 20.3. The molecular formula is C23H31N7O6. The van der Waals surface area contributed by atoms with Gasteiger partial charge in [0.25, 0.3) is 11.8 Å². The van der Waals surface area contributed by atoms with Crippen LogP contribution in [0.1, 0.15) is 20.7 Å². The van der Waals surface area contributed by atoms with Crippen LogP contribution in [0.25, 0.3) is 0 Å². The van der Waals surface area contributed by atoms with Gasteiger partial charge >= 0.3 is 0 Å². The summed E-state index contributed by atoms with van der Waals surface area (Å²) in [5, 5.41) is 13.0. The van der Waals surface area contributed by atoms with Gasteiger partial charge in [-0.05, 0) is 18.9 Å². The number of morpholine rings is 1. The monoisotopic (exact) mass is 501 g/mol. The lowest BCUT2D eigenvalue weighted by atomic mass is 10.1. The summed E-state index contributed by atoms with van der Waals surface area (Å²) in [6, 6.07) is 3.10. The predicted octanol–water partition coefficient (Wildman–Crippen LogP) is -0.0691. The van der Waals surface area contributed by atoms with Crippen molar-refractivity contribution in [3.8, 4) is 11.5 Å². The Kier molecular flexibility index (Phi) is 9.50. The number of nitrogens with one attached hydrogen (secondary N) is 1. The molecule has 0 unspecified atom stereocenters. The summed E-state index contributed by atoms with van der Waals surface area (Å²) in [5.41, 5.74) is 6.03. The van der Waals surface area contributed by atoms with E-state index in [0.717, 1.165) is 13.1 Å². The first-order valence-corrected chi connectivity index (χ1v) is 11.2. The van der Waals surface area contributed by atoms with Crippen molar-refractivity contribution in [1.29, 1.82) is 0 Å². The second-order valence-electron chi connectivity index (χ2n) is 8.03. The van der Waals surface area contributed by atoms with E-state index >= 15 is 0 Å². The Morgan fingerprint density at radius 1 is 1.33 bits per heavy atom. The average Bonchev–Trinajstić information content (AvgIpc) is 2.90. The Bertz CT molecular complexity index is 1060. The maximum atomic E-state index is 13.1. The molecule has 3 rings (SSSR count). The third-order valence-electron chi connectivity index (χ3n) is 5.45. The predicted molar refractivity (Wildman–Crippen MR) is 132 cm³/mol. The molecule has 0 bridgehead atoms. The Balaban J connectivity index is 1.64. The highest BCUT2D eigenvalue weighted by Crippen LogP contribution is 2.40. The van der Waals surface area contributed by atoms with Crippen molar-refractivity contribution in [2.45, 2.75) is 6.10 Å². The largest absolute Gasteiger partial charge is 0.491 e. The number of carbonyl (C=O) groups is 2. The molecule has 13 heteroatoms. The zero-order valence-electron chi connectivity index (χ0n) is 20.3. The molecule has 2 heterocycles. The Morgan fingerprint density at radius 2 is 2.03 bits per heavy atom. The minimum absolute atomic E-state index is 0.0262. The molecule has 0 aliphatic carbocycles. The summed E-state index contributed by atoms with van der Waals surface area (Å²) in [5.74, 6) is -0.309. The van der Waals surface area contributed by atoms with Crippen molar-refractivity contribution < 1.29 is 28.9 Å². The number of nitrogens with two attached hydrogens (primary N) is 1. The minimum atomic E-state index is -0.726. The van der Waals surface area contributed by atoms with Gasteiger partial charge in [0.05, 0.1) is 38.1 Å². The van der Waals surface area contributed by atoms with Gasteiger partial charge in [0, 0.05) is 39.1 Å². The molecular weight excluding hydrogens is 470 g/mol. The first kappa shape index (κ1) is 26.8. The first-order chi connectivity index (χ1) is 17.3. The number of carbonyl (C=O) groups excluding carboxylic acids is 2. The highest BCUT2D eigenvalue weighted by Gasteiger charge is 2.23. The van der Waals surface area contributed by atoms with E-state index in [2.05, 4.69) is 31.9 Å². The van der Waals surface area contributed by atoms with Crippen molar-refractivity contribution in [3.63, 3.8) is 0 Å². The number of benzene rings is 1. The normalized spacial score (nSPS) is 14.5. The summed E-state index contributed by atoms with van der Waals surface area (Å²) >= 11 is 0. The summed E-state index contributed by atoms with van der Waals surface area (Å²) in [6.45, 7) is 6.73. The molecule has 1 aliphatic heterocycles. The lowest BCUT2D eigenvalue weighted by Gasteiger charge is -2.28. The van der Waals surface area contributed by atoms with Gasteiger partial charge in [0.2, 0.25) is 5.95 Å². The molecule has 0 radical (unpaired) electrons. The molecule has 13 nitrogen and oxygen atoms in total. The fraction of sp³-hybridized carbons (Fsp3) is 0.435. The standard InChI is InChI=1S/C23H31N7O6/c1-25-19-17(22(33)29(2)14-28-21(32)15-10-26-23(24)27-11-15)4-5-18(20(19)34-3)36-13-16(31)12-30-6-8-35-9-7-30/h4-5,10-11,16,31H,1,6-9,12-14H2,2-3H3,(H,28,32)(H2,24,26,27)/t16-/m0/s1. The number of aliphatic imine (C=N–C) groups is 1. The van der Waals surface area contributed by atoms with Crippen LogP contribution in [-0.4, -0.2) is 110 Å². The van der Waals surface area contributed by atoms with E-state index in [-0.39, 0.29) is 41.8 Å². The van der Waals surface area contributed by atoms with Gasteiger partial charge in [-0.2, -0.15) is 0 Å². The van der Waals surface area contributed by atoms with Gasteiger partial charge in [-0.1, -0.05) is 0 Å². The fourth-order valence-electron chi connectivity index (χ4n) is 3.54. The molecule has 36 heavy (non-hydrogen) atoms. The van der Waals surface area contributed by atoms with E-state index < -0.39 is 17.9 Å². The van der Waals surface area contributed by atoms with Crippen LogP contribution in [0.3, 0.4) is 0 Å². The molecule has 0 saturated carbocycles. The Labute approximate surface area is 208 Å². The summed E-state index contributed by atoms with van der Waals surface area (Å²) in [6.07, 6.45) is 1.86. The number of hydrogen-bond acceptors (Lipinski definition) is 11. The van der Waals surface area contributed by atoms with E-state index in [1.165, 1.54) is 37.5 Å². The van der Waals surface area contributed by atoms with Crippen LogP contribution >= 0.6 is 0 Å². The number of β-amino-alcohol motifs (C(OH)–C–C–N with tert-alkyl or cyclic N) is 1. The molecule has 1 saturated heterocycles. The van der Waals surface area contributed by atoms with Gasteiger partial charge in [-0.15, -0.1) is 0 Å². The Hall–Kier alpha value is -3.81. The fourth-order valence-corrected chi connectivity index (χ4v) is 3.54. The van der Waals surface area contributed by atoms with Crippen LogP contribution in [0.15, 0.2) is 29.5 Å². The molecule has 1 aromatic heterocycles. The summed E-state index contributed by atoms with van der Waals surface area (Å²) < 4.78 is 16.6. The third kappa shape index (κ3) is 6.87. The molecule has 2 amide bonds. The van der Waals surface area contributed by atoms with Crippen molar-refractivity contribution >= 4 is 30.2 Å². The van der Waals surface area contributed by atoms with Crippen LogP contribution < -0.4 is 20.5 Å². The number of methoxy groups -OCH3 is 1. The molecule has 194 valence electrons. The van der Waals surface area contributed by atoms with Crippen molar-refractivity contribution in [2.24, 2.45) is 4.99 Å². The van der Waals surface area contributed by atoms with Crippen LogP contribution in [-0.2, 0) is 4.74 Å². The number of ether oxygens (including phenoxy) is 3. The second kappa shape index (κ2) is 12.8. The number of amides is 2. The van der Waals surface area contributed by atoms with Crippen LogP contribution in [0, 0.1) is 0 Å². The minimum Gasteiger partial charge on any atom is -0.491 e. The average molecular weight is 502 g/mol. The van der Waals surface area contributed by atoms with E-state index in [9.17, 15) is 14.7 Å². The van der Waals surface area contributed by atoms with Crippen molar-refractivity contribution in [3.05, 3.63) is 35.7 Å². The van der Waals surface area contributed by atoms with Crippen LogP contribution in [0.2, 0.25) is 0 Å². The van der Waals surface area contributed by atoms with Crippen LogP contribution in [0.5, 0.6) is 11.5 Å². The van der Waals surface area contributed by atoms with Gasteiger partial charge in [-0.25, -0.2) is 9.97 Å². The molecule has 0 spiro atoms. The highest BCUT2D eigenvalue weighted by molar-refractivity contribution is 6.01. The molecule has 1 aliphatic rings. The maximum absolute atomic E-state index is 13.1. The van der Waals surface area contributed by atoms with Gasteiger partial charge in [0.1, 0.15) is 18.4 Å². The SMILES string of the molecule is C=Nc1c(C(=O)N(C)CNC(=O)c2cnc(N)nc2)ccc(OC[C@@H](O)CN2CCOCC2)c1OC. The summed E-state index contributed by atoms with van der Waals surface area (Å²) in [4.78, 5) is 40.3. The molecule has 1 atom stereocenters. The number of hydrogen-bond donors (Lipinski definition) is 3. The molecule has 1 fully saturated rings. The van der Waals surface area contributed by atoms with Gasteiger partial charge < -0.3 is 35.3 Å². The second-order valence-corrected chi connectivity index (χ2v) is 8.03. The molecule has 2 aromatic rings. The lowest BCUT2D eigenvalue weighted by molar-refractivity contribution is 0.00445. The van der Waals surface area contributed by atoms with E-state index in [0.29, 0.717) is 25.5 Å². The number of aliphatic hydroxyl groups is 1. The Morgan fingerprint density at radius 3 is 2.67 bits per heavy atom. The third-order valence-corrected chi connectivity index (χ3v) is 5.45. The van der Waals surface area contributed by atoms with Crippen LogP contribution in [0.4, 0.5) is 11.6 Å². The van der Waals surface area contributed by atoms with Crippen molar-refractivity contribution in [2.75, 3.05) is 66.0 Å². The first-order valence-electron chi connectivity index (χ1n) is 11.2.